The zero-order valence-corrected chi connectivity index (χ0v) is 11.4. The maximum absolute atomic E-state index is 5.52. The Labute approximate surface area is 118 Å². The van der Waals surface area contributed by atoms with Gasteiger partial charge in [0.1, 0.15) is 11.5 Å². The molecule has 0 spiro atoms. The molecule has 0 unspecified atom stereocenters. The minimum Gasteiger partial charge on any atom is -0.465 e. The van der Waals surface area contributed by atoms with Crippen molar-refractivity contribution in [2.45, 2.75) is 20.0 Å². The molecule has 3 rings (SSSR count). The Hall–Kier alpha value is -2.33. The molecule has 0 amide bonds. The van der Waals surface area contributed by atoms with Crippen LogP contribution in [0.3, 0.4) is 0 Å². The van der Waals surface area contributed by atoms with Crippen LogP contribution in [0.1, 0.15) is 17.1 Å². The van der Waals surface area contributed by atoms with E-state index in [0.717, 1.165) is 30.3 Å². The van der Waals surface area contributed by atoms with Crippen molar-refractivity contribution < 1.29 is 4.42 Å². The van der Waals surface area contributed by atoms with Gasteiger partial charge >= 0.3 is 0 Å². The van der Waals surface area contributed by atoms with Gasteiger partial charge in [-0.05, 0) is 42.8 Å². The summed E-state index contributed by atoms with van der Waals surface area (Å²) in [7, 11) is 0. The van der Waals surface area contributed by atoms with Crippen molar-refractivity contribution in [2.24, 2.45) is 0 Å². The monoisotopic (exact) mass is 267 g/mol. The Morgan fingerprint density at radius 3 is 2.60 bits per heavy atom. The number of furan rings is 1. The number of aryl methyl sites for hydroxylation is 1. The van der Waals surface area contributed by atoms with Crippen LogP contribution in [0.15, 0.2) is 59.3 Å². The van der Waals surface area contributed by atoms with Crippen LogP contribution >= 0.6 is 0 Å². The fourth-order valence-corrected chi connectivity index (χ4v) is 2.10. The van der Waals surface area contributed by atoms with Gasteiger partial charge in [0.2, 0.25) is 0 Å². The van der Waals surface area contributed by atoms with Crippen molar-refractivity contribution in [1.29, 1.82) is 0 Å². The lowest BCUT2D eigenvalue weighted by Gasteiger charge is -2.05. The predicted octanol–water partition coefficient (Wildman–Crippen LogP) is 3.06. The van der Waals surface area contributed by atoms with Crippen LogP contribution in [-0.4, -0.2) is 9.78 Å². The second kappa shape index (κ2) is 5.75. The third-order valence-electron chi connectivity index (χ3n) is 3.13. The van der Waals surface area contributed by atoms with Crippen LogP contribution in [0, 0.1) is 6.92 Å². The normalized spacial score (nSPS) is 10.8. The molecule has 4 nitrogen and oxygen atoms in total. The van der Waals surface area contributed by atoms with Gasteiger partial charge in [0, 0.05) is 18.9 Å². The van der Waals surface area contributed by atoms with Crippen LogP contribution in [0.4, 0.5) is 0 Å². The van der Waals surface area contributed by atoms with Gasteiger partial charge in [-0.15, -0.1) is 0 Å². The summed E-state index contributed by atoms with van der Waals surface area (Å²) >= 11 is 0. The molecule has 1 N–H and O–H groups in total. The molecule has 0 atom stereocenters. The zero-order chi connectivity index (χ0) is 13.8. The van der Waals surface area contributed by atoms with E-state index in [2.05, 4.69) is 34.7 Å². The second-order valence-electron chi connectivity index (χ2n) is 4.73. The Morgan fingerprint density at radius 2 is 1.95 bits per heavy atom. The quantitative estimate of drug-likeness (QED) is 0.772. The van der Waals surface area contributed by atoms with Crippen molar-refractivity contribution in [3.63, 3.8) is 0 Å². The molecule has 2 heterocycles. The smallest absolute Gasteiger partial charge is 0.117 e. The van der Waals surface area contributed by atoms with Gasteiger partial charge in [0.25, 0.3) is 0 Å². The summed E-state index contributed by atoms with van der Waals surface area (Å²) in [5.74, 6) is 1.92. The molecule has 0 aliphatic rings. The Bertz CT molecular complexity index is 653. The number of hydrogen-bond acceptors (Lipinski definition) is 3. The van der Waals surface area contributed by atoms with E-state index in [9.17, 15) is 0 Å². The first-order valence-electron chi connectivity index (χ1n) is 6.66. The number of nitrogens with one attached hydrogen (secondary N) is 1. The largest absolute Gasteiger partial charge is 0.465 e. The highest BCUT2D eigenvalue weighted by atomic mass is 16.3. The van der Waals surface area contributed by atoms with Gasteiger partial charge in [-0.25, -0.2) is 4.68 Å². The van der Waals surface area contributed by atoms with Gasteiger partial charge < -0.3 is 9.73 Å². The first-order valence-corrected chi connectivity index (χ1v) is 6.66. The molecule has 3 aromatic rings. The van der Waals surface area contributed by atoms with Crippen LogP contribution in [0.2, 0.25) is 0 Å². The number of benzene rings is 1. The van der Waals surface area contributed by atoms with Gasteiger partial charge in [0.15, 0.2) is 0 Å². The van der Waals surface area contributed by atoms with Gasteiger partial charge in [-0.3, -0.25) is 0 Å². The highest BCUT2D eigenvalue weighted by Gasteiger charge is 1.99. The number of nitrogens with zero attached hydrogens (tertiary/aromatic N) is 2. The van der Waals surface area contributed by atoms with Crippen LogP contribution in [0.5, 0.6) is 0 Å². The average molecular weight is 267 g/mol. The van der Waals surface area contributed by atoms with Crippen molar-refractivity contribution in [1.82, 2.24) is 15.1 Å². The van der Waals surface area contributed by atoms with E-state index < -0.39 is 0 Å². The van der Waals surface area contributed by atoms with Crippen molar-refractivity contribution >= 4 is 0 Å². The molecule has 0 saturated heterocycles. The van der Waals surface area contributed by atoms with E-state index >= 15 is 0 Å². The highest BCUT2D eigenvalue weighted by Crippen LogP contribution is 2.09. The first kappa shape index (κ1) is 12.7. The average Bonchev–Trinajstić information content (AvgIpc) is 3.11. The number of aromatic nitrogens is 2. The lowest BCUT2D eigenvalue weighted by molar-refractivity contribution is 0.461. The van der Waals surface area contributed by atoms with Crippen LogP contribution in [0.25, 0.3) is 5.69 Å². The van der Waals surface area contributed by atoms with Crippen molar-refractivity contribution in [3.05, 3.63) is 71.9 Å². The third-order valence-corrected chi connectivity index (χ3v) is 3.13. The molecule has 1 aromatic carbocycles. The minimum atomic E-state index is 0.745. The molecule has 0 aliphatic carbocycles. The highest BCUT2D eigenvalue weighted by molar-refractivity contribution is 5.33. The topological polar surface area (TPSA) is 43.0 Å². The van der Waals surface area contributed by atoms with Gasteiger partial charge in [0.05, 0.1) is 12.2 Å². The summed E-state index contributed by atoms with van der Waals surface area (Å²) in [4.78, 5) is 0. The van der Waals surface area contributed by atoms with Crippen LogP contribution < -0.4 is 5.32 Å². The minimum absolute atomic E-state index is 0.745. The van der Waals surface area contributed by atoms with Crippen LogP contribution in [-0.2, 0) is 13.1 Å². The Morgan fingerprint density at radius 1 is 1.10 bits per heavy atom. The van der Waals surface area contributed by atoms with E-state index in [1.807, 2.05) is 36.0 Å². The maximum atomic E-state index is 5.52. The molecule has 20 heavy (non-hydrogen) atoms. The fraction of sp³-hybridized carbons (Fsp3) is 0.188. The first-order chi connectivity index (χ1) is 9.81. The maximum Gasteiger partial charge on any atom is 0.117 e. The van der Waals surface area contributed by atoms with Gasteiger partial charge in [-0.2, -0.15) is 5.10 Å². The second-order valence-corrected chi connectivity index (χ2v) is 4.73. The molecule has 102 valence electrons. The molecule has 0 aliphatic heterocycles. The van der Waals surface area contributed by atoms with E-state index in [1.54, 1.807) is 6.20 Å². The predicted molar refractivity (Wildman–Crippen MR) is 77.6 cm³/mol. The van der Waals surface area contributed by atoms with E-state index in [1.165, 1.54) is 5.56 Å². The molecule has 0 saturated carbocycles. The Kier molecular flexibility index (Phi) is 3.65. The SMILES string of the molecule is Cc1ccc(CNCc2ccc(-n3cccn3)cc2)o1. The van der Waals surface area contributed by atoms with E-state index in [0.29, 0.717) is 0 Å². The summed E-state index contributed by atoms with van der Waals surface area (Å²) in [6.45, 7) is 3.52. The van der Waals surface area contributed by atoms with Gasteiger partial charge in [-0.1, -0.05) is 12.1 Å². The standard InChI is InChI=1S/C16H17N3O/c1-13-3-8-16(20-13)12-17-11-14-4-6-15(7-5-14)19-10-2-9-18-19/h2-10,17H,11-12H2,1H3. The number of hydrogen-bond donors (Lipinski definition) is 1. The Balaban J connectivity index is 1.56. The summed E-state index contributed by atoms with van der Waals surface area (Å²) in [5, 5.41) is 7.58. The third kappa shape index (κ3) is 2.97. The number of rotatable bonds is 5. The van der Waals surface area contributed by atoms with Crippen molar-refractivity contribution in [2.75, 3.05) is 0 Å². The van der Waals surface area contributed by atoms with E-state index in [-0.39, 0.29) is 0 Å². The van der Waals surface area contributed by atoms with Crippen molar-refractivity contribution in [3.8, 4) is 5.69 Å². The molecular formula is C16H17N3O. The molecule has 0 bridgehead atoms. The molecule has 2 aromatic heterocycles. The van der Waals surface area contributed by atoms with E-state index in [4.69, 9.17) is 4.42 Å². The molecule has 0 fully saturated rings. The summed E-state index contributed by atoms with van der Waals surface area (Å²) in [6.07, 6.45) is 3.72. The molecule has 0 radical (unpaired) electrons. The zero-order valence-electron chi connectivity index (χ0n) is 11.4. The molecule has 4 heteroatoms. The summed E-state index contributed by atoms with van der Waals surface area (Å²) < 4.78 is 7.37. The lowest BCUT2D eigenvalue weighted by atomic mass is 10.2. The fourth-order valence-electron chi connectivity index (χ4n) is 2.10. The summed E-state index contributed by atoms with van der Waals surface area (Å²) in [6, 6.07) is 14.3. The summed E-state index contributed by atoms with van der Waals surface area (Å²) in [5.41, 5.74) is 2.31. The molecular weight excluding hydrogens is 250 g/mol. The lowest BCUT2D eigenvalue weighted by Crippen LogP contribution is -2.12.